The molecule has 0 aliphatic rings. The summed E-state index contributed by atoms with van der Waals surface area (Å²) in [5, 5.41) is 10.7. The van der Waals surface area contributed by atoms with Gasteiger partial charge in [-0.2, -0.15) is 0 Å². The predicted molar refractivity (Wildman–Crippen MR) is 64.0 cm³/mol. The maximum Gasteiger partial charge on any atom is 0.0844 e. The number of aliphatic hydroxyl groups excluding tert-OH is 1. The van der Waals surface area contributed by atoms with Gasteiger partial charge in [-0.3, -0.25) is 0 Å². The van der Waals surface area contributed by atoms with Crippen LogP contribution in [-0.4, -0.2) is 11.7 Å². The molecule has 1 rings (SSSR count). The fraction of sp³-hybridized carbons (Fsp3) is 0.500. The van der Waals surface area contributed by atoms with Gasteiger partial charge >= 0.3 is 0 Å². The lowest BCUT2D eigenvalue weighted by Gasteiger charge is -2.21. The number of rotatable bonds is 4. The Hall–Kier alpha value is -0.570. The average Bonchev–Trinajstić information content (AvgIpc) is 2.19. The van der Waals surface area contributed by atoms with Gasteiger partial charge in [0.15, 0.2) is 0 Å². The predicted octanol–water partition coefficient (Wildman–Crippen LogP) is 2.67. The standard InChI is InChI=1S/C12H18ClNO/c1-3-9(7-14)12(15)10-5-4-8(2)6-11(10)13/h4-6,9,12,15H,3,7,14H2,1-2H3. The van der Waals surface area contributed by atoms with E-state index >= 15 is 0 Å². The minimum atomic E-state index is -0.562. The molecule has 1 aromatic rings. The third-order valence-corrected chi connectivity index (χ3v) is 3.08. The van der Waals surface area contributed by atoms with Crippen molar-refractivity contribution < 1.29 is 5.11 Å². The van der Waals surface area contributed by atoms with E-state index in [9.17, 15) is 5.11 Å². The quantitative estimate of drug-likeness (QED) is 0.831. The Kier molecular flexibility index (Phi) is 4.58. The van der Waals surface area contributed by atoms with E-state index in [1.165, 1.54) is 0 Å². The summed E-state index contributed by atoms with van der Waals surface area (Å²) in [5.41, 5.74) is 7.47. The second-order valence-corrected chi connectivity index (χ2v) is 4.28. The Morgan fingerprint density at radius 2 is 2.13 bits per heavy atom. The Labute approximate surface area is 96.1 Å². The summed E-state index contributed by atoms with van der Waals surface area (Å²) >= 11 is 6.08. The molecule has 0 amide bonds. The monoisotopic (exact) mass is 227 g/mol. The van der Waals surface area contributed by atoms with E-state index in [-0.39, 0.29) is 5.92 Å². The van der Waals surface area contributed by atoms with Crippen LogP contribution in [0.15, 0.2) is 18.2 Å². The van der Waals surface area contributed by atoms with Gasteiger partial charge in [0.05, 0.1) is 6.10 Å². The minimum absolute atomic E-state index is 0.0743. The number of halogens is 1. The highest BCUT2D eigenvalue weighted by Gasteiger charge is 2.19. The van der Waals surface area contributed by atoms with Gasteiger partial charge < -0.3 is 10.8 Å². The Bertz CT molecular complexity index is 323. The van der Waals surface area contributed by atoms with Crippen molar-refractivity contribution in [3.05, 3.63) is 34.3 Å². The molecule has 1 aromatic carbocycles. The summed E-state index contributed by atoms with van der Waals surface area (Å²) in [6.45, 7) is 4.47. The summed E-state index contributed by atoms with van der Waals surface area (Å²) in [7, 11) is 0. The van der Waals surface area contributed by atoms with E-state index in [4.69, 9.17) is 17.3 Å². The molecular formula is C12H18ClNO. The van der Waals surface area contributed by atoms with Crippen molar-refractivity contribution in [2.45, 2.75) is 26.4 Å². The van der Waals surface area contributed by atoms with Gasteiger partial charge in [0, 0.05) is 10.9 Å². The topological polar surface area (TPSA) is 46.2 Å². The number of aliphatic hydroxyl groups is 1. The molecule has 0 aliphatic heterocycles. The van der Waals surface area contributed by atoms with Crippen LogP contribution in [0, 0.1) is 12.8 Å². The molecule has 2 atom stereocenters. The Balaban J connectivity index is 2.94. The van der Waals surface area contributed by atoms with Crippen molar-refractivity contribution in [3.63, 3.8) is 0 Å². The summed E-state index contributed by atoms with van der Waals surface area (Å²) in [5.74, 6) is 0.0743. The summed E-state index contributed by atoms with van der Waals surface area (Å²) in [6.07, 6.45) is 0.287. The molecule has 0 saturated heterocycles. The summed E-state index contributed by atoms with van der Waals surface area (Å²) in [6, 6.07) is 5.69. The Morgan fingerprint density at radius 3 is 2.60 bits per heavy atom. The van der Waals surface area contributed by atoms with Crippen LogP contribution >= 0.6 is 11.6 Å². The van der Waals surface area contributed by atoms with Crippen LogP contribution in [0.2, 0.25) is 5.02 Å². The first-order chi connectivity index (χ1) is 7.10. The molecule has 3 N–H and O–H groups in total. The second kappa shape index (κ2) is 5.50. The molecule has 0 saturated carbocycles. The van der Waals surface area contributed by atoms with Crippen molar-refractivity contribution in [3.8, 4) is 0 Å². The van der Waals surface area contributed by atoms with E-state index in [0.717, 1.165) is 17.5 Å². The molecule has 84 valence electrons. The Morgan fingerprint density at radius 1 is 1.47 bits per heavy atom. The van der Waals surface area contributed by atoms with Crippen LogP contribution in [0.5, 0.6) is 0 Å². The molecule has 2 nitrogen and oxygen atoms in total. The molecule has 0 bridgehead atoms. The molecule has 0 fully saturated rings. The normalized spacial score (nSPS) is 15.0. The first kappa shape index (κ1) is 12.5. The van der Waals surface area contributed by atoms with Crippen LogP contribution in [-0.2, 0) is 0 Å². The molecule has 0 aliphatic carbocycles. The fourth-order valence-corrected chi connectivity index (χ4v) is 1.99. The third kappa shape index (κ3) is 2.94. The SMILES string of the molecule is CCC(CN)C(O)c1ccc(C)cc1Cl. The molecule has 15 heavy (non-hydrogen) atoms. The molecule has 0 aromatic heterocycles. The first-order valence-electron chi connectivity index (χ1n) is 5.24. The molecule has 0 spiro atoms. The highest BCUT2D eigenvalue weighted by molar-refractivity contribution is 6.31. The molecule has 3 heteroatoms. The van der Waals surface area contributed by atoms with Crippen molar-refractivity contribution >= 4 is 11.6 Å². The molecule has 2 unspecified atom stereocenters. The zero-order valence-electron chi connectivity index (χ0n) is 9.20. The zero-order chi connectivity index (χ0) is 11.4. The maximum absolute atomic E-state index is 10.1. The van der Waals surface area contributed by atoms with Gasteiger partial charge in [-0.15, -0.1) is 0 Å². The van der Waals surface area contributed by atoms with E-state index in [0.29, 0.717) is 11.6 Å². The third-order valence-electron chi connectivity index (χ3n) is 2.75. The van der Waals surface area contributed by atoms with Crippen molar-refractivity contribution in [1.82, 2.24) is 0 Å². The van der Waals surface area contributed by atoms with Crippen molar-refractivity contribution in [1.29, 1.82) is 0 Å². The van der Waals surface area contributed by atoms with Crippen LogP contribution < -0.4 is 5.73 Å². The lowest BCUT2D eigenvalue weighted by molar-refractivity contribution is 0.110. The zero-order valence-corrected chi connectivity index (χ0v) is 9.96. The molecule has 0 radical (unpaired) electrons. The smallest absolute Gasteiger partial charge is 0.0844 e. The summed E-state index contributed by atoms with van der Waals surface area (Å²) < 4.78 is 0. The molecule has 0 heterocycles. The van der Waals surface area contributed by atoms with Gasteiger partial charge in [0.1, 0.15) is 0 Å². The maximum atomic E-state index is 10.1. The van der Waals surface area contributed by atoms with E-state index in [1.54, 1.807) is 0 Å². The van der Waals surface area contributed by atoms with Crippen molar-refractivity contribution in [2.24, 2.45) is 11.7 Å². The first-order valence-corrected chi connectivity index (χ1v) is 5.62. The van der Waals surface area contributed by atoms with Crippen LogP contribution in [0.4, 0.5) is 0 Å². The summed E-state index contributed by atoms with van der Waals surface area (Å²) in [4.78, 5) is 0. The number of hydrogen-bond acceptors (Lipinski definition) is 2. The average molecular weight is 228 g/mol. The highest BCUT2D eigenvalue weighted by Crippen LogP contribution is 2.30. The second-order valence-electron chi connectivity index (χ2n) is 3.87. The van der Waals surface area contributed by atoms with Gasteiger partial charge in [0.2, 0.25) is 0 Å². The number of aryl methyl sites for hydroxylation is 1. The van der Waals surface area contributed by atoms with Crippen LogP contribution in [0.3, 0.4) is 0 Å². The number of benzene rings is 1. The van der Waals surface area contributed by atoms with Crippen molar-refractivity contribution in [2.75, 3.05) is 6.54 Å². The van der Waals surface area contributed by atoms with E-state index < -0.39 is 6.10 Å². The van der Waals surface area contributed by atoms with Gasteiger partial charge in [0.25, 0.3) is 0 Å². The lowest BCUT2D eigenvalue weighted by atomic mass is 9.93. The highest BCUT2D eigenvalue weighted by atomic mass is 35.5. The van der Waals surface area contributed by atoms with E-state index in [1.807, 2.05) is 32.0 Å². The van der Waals surface area contributed by atoms with Gasteiger partial charge in [-0.1, -0.05) is 30.7 Å². The van der Waals surface area contributed by atoms with Gasteiger partial charge in [-0.05, 0) is 37.1 Å². The van der Waals surface area contributed by atoms with E-state index in [2.05, 4.69) is 0 Å². The van der Waals surface area contributed by atoms with Crippen LogP contribution in [0.1, 0.15) is 30.6 Å². The number of nitrogens with two attached hydrogens (primary N) is 1. The minimum Gasteiger partial charge on any atom is -0.388 e. The largest absolute Gasteiger partial charge is 0.388 e. The molecular weight excluding hydrogens is 210 g/mol. The van der Waals surface area contributed by atoms with Crippen LogP contribution in [0.25, 0.3) is 0 Å². The number of hydrogen-bond donors (Lipinski definition) is 2. The fourth-order valence-electron chi connectivity index (χ4n) is 1.64. The lowest BCUT2D eigenvalue weighted by Crippen LogP contribution is -2.21. The van der Waals surface area contributed by atoms with Gasteiger partial charge in [-0.25, -0.2) is 0 Å².